The molecule has 0 aliphatic heterocycles. The van der Waals surface area contributed by atoms with E-state index < -0.39 is 40.0 Å². The van der Waals surface area contributed by atoms with Crippen LogP contribution in [0.1, 0.15) is 5.56 Å². The lowest BCUT2D eigenvalue weighted by atomic mass is 10.2. The fourth-order valence-electron chi connectivity index (χ4n) is 2.23. The van der Waals surface area contributed by atoms with Crippen LogP contribution in [-0.4, -0.2) is 45.4 Å². The summed E-state index contributed by atoms with van der Waals surface area (Å²) in [6.07, 6.45) is -4.44. The maximum atomic E-state index is 12.9. The highest BCUT2D eigenvalue weighted by molar-refractivity contribution is 7.89. The molecule has 0 aromatic heterocycles. The average Bonchev–Trinajstić information content (AvgIpc) is 2.65. The number of hydrogen-bond donors (Lipinski definition) is 1. The second-order valence-corrected chi connectivity index (χ2v) is 7.98. The molecule has 158 valence electrons. The van der Waals surface area contributed by atoms with Gasteiger partial charge in [-0.15, -0.1) is 0 Å². The lowest BCUT2D eigenvalue weighted by molar-refractivity contribution is -0.137. The molecule has 0 heterocycles. The number of amides is 1. The molecule has 0 radical (unpaired) electrons. The highest BCUT2D eigenvalue weighted by atomic mass is 32.2. The second kappa shape index (κ2) is 9.23. The third-order valence-corrected chi connectivity index (χ3v) is 5.58. The number of hydrogen-bond acceptors (Lipinski definition) is 4. The molecule has 0 saturated heterocycles. The Kier molecular flexibility index (Phi) is 7.20. The largest absolute Gasteiger partial charge is 0.492 e. The van der Waals surface area contributed by atoms with Crippen molar-refractivity contribution in [3.63, 3.8) is 0 Å². The summed E-state index contributed by atoms with van der Waals surface area (Å²) in [5.74, 6) is -0.991. The average molecular weight is 434 g/mol. The van der Waals surface area contributed by atoms with E-state index in [1.165, 1.54) is 7.05 Å². The summed E-state index contributed by atoms with van der Waals surface area (Å²) >= 11 is 0. The van der Waals surface area contributed by atoms with E-state index in [0.717, 1.165) is 52.8 Å². The topological polar surface area (TPSA) is 75.7 Å². The molecular weight excluding hydrogens is 416 g/mol. The quantitative estimate of drug-likeness (QED) is 0.512. The monoisotopic (exact) mass is 434 g/mol. The predicted octanol–water partition coefficient (Wildman–Crippen LogP) is 2.66. The standard InChI is InChI=1S/C18H18F4N2O4S/c1-24(29(26,27)16-8-4-14(19)5-9-16)12-17(25)23-10-11-28-15-6-2-13(3-7-15)18(20,21)22/h2-9H,10-12H2,1H3,(H,23,25). The number of alkyl halides is 3. The van der Waals surface area contributed by atoms with Crippen molar-refractivity contribution in [3.05, 3.63) is 59.9 Å². The predicted molar refractivity (Wildman–Crippen MR) is 96.2 cm³/mol. The van der Waals surface area contributed by atoms with Crippen molar-refractivity contribution >= 4 is 15.9 Å². The van der Waals surface area contributed by atoms with Crippen LogP contribution in [0.3, 0.4) is 0 Å². The van der Waals surface area contributed by atoms with Crippen LogP contribution in [0.15, 0.2) is 53.4 Å². The number of carbonyl (C=O) groups is 1. The van der Waals surface area contributed by atoms with Crippen LogP contribution in [0.25, 0.3) is 0 Å². The summed E-state index contributed by atoms with van der Waals surface area (Å²) in [5.41, 5.74) is -0.802. The van der Waals surface area contributed by atoms with Crippen LogP contribution in [0.4, 0.5) is 17.6 Å². The van der Waals surface area contributed by atoms with E-state index in [0.29, 0.717) is 0 Å². The Hall–Kier alpha value is -2.66. The van der Waals surface area contributed by atoms with Gasteiger partial charge in [-0.3, -0.25) is 4.79 Å². The summed E-state index contributed by atoms with van der Waals surface area (Å²) in [6.45, 7) is -0.476. The van der Waals surface area contributed by atoms with Gasteiger partial charge < -0.3 is 10.1 Å². The zero-order valence-corrected chi connectivity index (χ0v) is 16.1. The van der Waals surface area contributed by atoms with Gasteiger partial charge in [0.05, 0.1) is 23.5 Å². The molecule has 0 aliphatic carbocycles. The molecule has 0 unspecified atom stereocenters. The Balaban J connectivity index is 1.78. The summed E-state index contributed by atoms with van der Waals surface area (Å²) in [4.78, 5) is 11.7. The minimum Gasteiger partial charge on any atom is -0.492 e. The van der Waals surface area contributed by atoms with E-state index in [-0.39, 0.29) is 23.8 Å². The van der Waals surface area contributed by atoms with Gasteiger partial charge in [0.2, 0.25) is 15.9 Å². The van der Waals surface area contributed by atoms with Crippen molar-refractivity contribution in [3.8, 4) is 5.75 Å². The number of nitrogens with zero attached hydrogens (tertiary/aromatic N) is 1. The Morgan fingerprint density at radius 1 is 1.07 bits per heavy atom. The zero-order chi connectivity index (χ0) is 21.7. The fraction of sp³-hybridized carbons (Fsp3) is 0.278. The van der Waals surface area contributed by atoms with Crippen LogP contribution < -0.4 is 10.1 Å². The van der Waals surface area contributed by atoms with Gasteiger partial charge in [0.1, 0.15) is 18.2 Å². The number of benzene rings is 2. The minimum atomic E-state index is -4.44. The first-order chi connectivity index (χ1) is 13.5. The number of ether oxygens (including phenoxy) is 1. The fourth-order valence-corrected chi connectivity index (χ4v) is 3.36. The Bertz CT molecular complexity index is 930. The maximum absolute atomic E-state index is 12.9. The van der Waals surface area contributed by atoms with E-state index in [1.807, 2.05) is 0 Å². The molecule has 0 fully saturated rings. The minimum absolute atomic E-state index is 0.0181. The SMILES string of the molecule is CN(CC(=O)NCCOc1ccc(C(F)(F)F)cc1)S(=O)(=O)c1ccc(F)cc1. The number of likely N-dealkylation sites (N-methyl/N-ethyl adjacent to an activating group) is 1. The third kappa shape index (κ3) is 6.43. The molecule has 0 spiro atoms. The lowest BCUT2D eigenvalue weighted by Gasteiger charge is -2.17. The molecule has 2 aromatic rings. The smallest absolute Gasteiger partial charge is 0.416 e. The van der Waals surface area contributed by atoms with Gasteiger partial charge in [-0.2, -0.15) is 17.5 Å². The van der Waals surface area contributed by atoms with E-state index in [1.54, 1.807) is 0 Å². The van der Waals surface area contributed by atoms with E-state index in [2.05, 4.69) is 5.32 Å². The molecule has 1 N–H and O–H groups in total. The van der Waals surface area contributed by atoms with Crippen molar-refractivity contribution in [2.75, 3.05) is 26.7 Å². The molecule has 0 bridgehead atoms. The third-order valence-electron chi connectivity index (χ3n) is 3.76. The normalized spacial score (nSPS) is 12.1. The Morgan fingerprint density at radius 2 is 1.66 bits per heavy atom. The van der Waals surface area contributed by atoms with Gasteiger partial charge >= 0.3 is 6.18 Å². The molecule has 1 amide bonds. The summed E-state index contributed by atoms with van der Waals surface area (Å²) in [6, 6.07) is 8.26. The number of halogens is 4. The number of carbonyl (C=O) groups excluding carboxylic acids is 1. The highest BCUT2D eigenvalue weighted by Crippen LogP contribution is 2.30. The molecule has 6 nitrogen and oxygen atoms in total. The summed E-state index contributed by atoms with van der Waals surface area (Å²) in [7, 11) is -2.75. The molecule has 0 saturated carbocycles. The van der Waals surface area contributed by atoms with Gasteiger partial charge in [-0.05, 0) is 48.5 Å². The number of rotatable bonds is 8. The molecule has 2 rings (SSSR count). The second-order valence-electron chi connectivity index (χ2n) is 5.94. The first-order valence-electron chi connectivity index (χ1n) is 8.29. The van der Waals surface area contributed by atoms with Crippen LogP contribution in [0, 0.1) is 5.82 Å². The van der Waals surface area contributed by atoms with Crippen LogP contribution >= 0.6 is 0 Å². The lowest BCUT2D eigenvalue weighted by Crippen LogP contribution is -2.39. The van der Waals surface area contributed by atoms with Crippen LogP contribution in [0.5, 0.6) is 5.75 Å². The first kappa shape index (κ1) is 22.6. The molecule has 2 aromatic carbocycles. The van der Waals surface area contributed by atoms with Gasteiger partial charge in [0, 0.05) is 7.05 Å². The van der Waals surface area contributed by atoms with E-state index in [4.69, 9.17) is 4.74 Å². The molecule has 11 heteroatoms. The van der Waals surface area contributed by atoms with Gasteiger partial charge in [-0.1, -0.05) is 0 Å². The van der Waals surface area contributed by atoms with Crippen LogP contribution in [-0.2, 0) is 21.0 Å². The molecule has 0 atom stereocenters. The van der Waals surface area contributed by atoms with Crippen molar-refractivity contribution in [1.82, 2.24) is 9.62 Å². The Morgan fingerprint density at radius 3 is 2.21 bits per heavy atom. The van der Waals surface area contributed by atoms with Gasteiger partial charge in [0.15, 0.2) is 0 Å². The Labute approximate surface area is 165 Å². The van der Waals surface area contributed by atoms with E-state index >= 15 is 0 Å². The number of sulfonamides is 1. The zero-order valence-electron chi connectivity index (χ0n) is 15.2. The van der Waals surface area contributed by atoms with Crippen molar-refractivity contribution < 1.29 is 35.5 Å². The number of nitrogens with one attached hydrogen (secondary N) is 1. The molecule has 29 heavy (non-hydrogen) atoms. The van der Waals surface area contributed by atoms with Crippen LogP contribution in [0.2, 0.25) is 0 Å². The van der Waals surface area contributed by atoms with E-state index in [9.17, 15) is 30.8 Å². The molecule has 0 aliphatic rings. The van der Waals surface area contributed by atoms with Crippen molar-refractivity contribution in [2.45, 2.75) is 11.1 Å². The van der Waals surface area contributed by atoms with Gasteiger partial charge in [-0.25, -0.2) is 12.8 Å². The maximum Gasteiger partial charge on any atom is 0.416 e. The first-order valence-corrected chi connectivity index (χ1v) is 9.73. The molecular formula is C18H18F4N2O4S. The highest BCUT2D eigenvalue weighted by Gasteiger charge is 2.30. The van der Waals surface area contributed by atoms with Crippen molar-refractivity contribution in [1.29, 1.82) is 0 Å². The van der Waals surface area contributed by atoms with Gasteiger partial charge in [0.25, 0.3) is 0 Å². The van der Waals surface area contributed by atoms with Crippen molar-refractivity contribution in [2.24, 2.45) is 0 Å². The summed E-state index contributed by atoms with van der Waals surface area (Å²) in [5, 5.41) is 2.44. The summed E-state index contributed by atoms with van der Waals surface area (Å²) < 4.78 is 81.0.